The molecule has 1 aliphatic rings. The van der Waals surface area contributed by atoms with Crippen molar-refractivity contribution < 1.29 is 14.3 Å². The quantitative estimate of drug-likeness (QED) is 0.324. The van der Waals surface area contributed by atoms with Gasteiger partial charge in [-0.15, -0.1) is 0 Å². The van der Waals surface area contributed by atoms with Gasteiger partial charge in [0.2, 0.25) is 0 Å². The number of ether oxygens (including phenoxy) is 1. The van der Waals surface area contributed by atoms with E-state index in [2.05, 4.69) is 74.3 Å². The minimum absolute atomic E-state index is 0.112. The third-order valence-corrected chi connectivity index (χ3v) is 7.46. The number of ketones is 1. The van der Waals surface area contributed by atoms with Gasteiger partial charge in [0.25, 0.3) is 0 Å². The molecule has 36 heavy (non-hydrogen) atoms. The molecule has 1 saturated carbocycles. The van der Waals surface area contributed by atoms with Gasteiger partial charge in [-0.25, -0.2) is 4.79 Å². The monoisotopic (exact) mass is 548 g/mol. The van der Waals surface area contributed by atoms with Gasteiger partial charge in [-0.3, -0.25) is 4.79 Å². The summed E-state index contributed by atoms with van der Waals surface area (Å²) in [6, 6.07) is 24.0. The highest BCUT2D eigenvalue weighted by molar-refractivity contribution is 9.10. The summed E-state index contributed by atoms with van der Waals surface area (Å²) in [4.78, 5) is 30.2. The minimum atomic E-state index is -0.345. The molecule has 5 nitrogen and oxygen atoms in total. The van der Waals surface area contributed by atoms with Crippen molar-refractivity contribution in [3.63, 3.8) is 0 Å². The van der Waals surface area contributed by atoms with Crippen LogP contribution in [0.5, 0.6) is 0 Å². The molecular weight excluding hydrogens is 516 g/mol. The van der Waals surface area contributed by atoms with Gasteiger partial charge < -0.3 is 14.5 Å². The van der Waals surface area contributed by atoms with Crippen LogP contribution in [0.3, 0.4) is 0 Å². The predicted octanol–water partition coefficient (Wildman–Crippen LogP) is 6.31. The number of hydrogen-bond donors (Lipinski definition) is 0. The molecular formula is C30H33BrN2O3. The smallest absolute Gasteiger partial charge is 0.338 e. The Kier molecular flexibility index (Phi) is 8.14. The number of carbonyl (C=O) groups excluding carboxylic acids is 2. The van der Waals surface area contributed by atoms with Gasteiger partial charge in [0.05, 0.1) is 5.56 Å². The van der Waals surface area contributed by atoms with Gasteiger partial charge in [0.1, 0.15) is 11.9 Å². The van der Waals surface area contributed by atoms with Gasteiger partial charge in [-0.2, -0.15) is 0 Å². The van der Waals surface area contributed by atoms with Crippen LogP contribution in [-0.2, 0) is 9.53 Å². The van der Waals surface area contributed by atoms with E-state index in [0.29, 0.717) is 24.8 Å². The van der Waals surface area contributed by atoms with Crippen molar-refractivity contribution in [1.29, 1.82) is 0 Å². The zero-order valence-corrected chi connectivity index (χ0v) is 22.9. The molecule has 3 aromatic carbocycles. The van der Waals surface area contributed by atoms with E-state index in [1.807, 2.05) is 40.3 Å². The van der Waals surface area contributed by atoms with E-state index < -0.39 is 0 Å². The van der Waals surface area contributed by atoms with Crippen molar-refractivity contribution >= 4 is 39.1 Å². The lowest BCUT2D eigenvalue weighted by atomic mass is 9.72. The van der Waals surface area contributed by atoms with Crippen LogP contribution in [0.25, 0.3) is 0 Å². The predicted molar refractivity (Wildman–Crippen MR) is 149 cm³/mol. The average Bonchev–Trinajstić information content (AvgIpc) is 2.87. The Labute approximate surface area is 222 Å². The van der Waals surface area contributed by atoms with E-state index in [1.54, 1.807) is 12.1 Å². The van der Waals surface area contributed by atoms with E-state index in [9.17, 15) is 9.59 Å². The SMILES string of the molecule is CN(C)c1ccc(C(c2ccc(N(C)C)cc2)[C@@H]2CC(OC(=O)c3ccc(Br)cc3)CCC2=O)cc1. The molecule has 0 amide bonds. The van der Waals surface area contributed by atoms with Crippen molar-refractivity contribution in [2.45, 2.75) is 31.3 Å². The highest BCUT2D eigenvalue weighted by Crippen LogP contribution is 2.40. The van der Waals surface area contributed by atoms with Crippen LogP contribution in [0.4, 0.5) is 11.4 Å². The fourth-order valence-electron chi connectivity index (χ4n) is 4.87. The highest BCUT2D eigenvalue weighted by Gasteiger charge is 2.37. The zero-order chi connectivity index (χ0) is 25.8. The van der Waals surface area contributed by atoms with Gasteiger partial charge in [0, 0.05) is 62.3 Å². The average molecular weight is 550 g/mol. The van der Waals surface area contributed by atoms with Crippen LogP contribution < -0.4 is 9.80 Å². The number of Topliss-reactive ketones (excluding diaryl/α,β-unsaturated/α-hetero) is 1. The molecule has 1 fully saturated rings. The lowest BCUT2D eigenvalue weighted by Gasteiger charge is -2.34. The first-order valence-corrected chi connectivity index (χ1v) is 13.1. The normalized spacial score (nSPS) is 17.7. The van der Waals surface area contributed by atoms with Gasteiger partial charge in [0.15, 0.2) is 0 Å². The Morgan fingerprint density at radius 2 is 1.33 bits per heavy atom. The van der Waals surface area contributed by atoms with Crippen LogP contribution in [0, 0.1) is 5.92 Å². The maximum atomic E-state index is 13.3. The van der Waals surface area contributed by atoms with Crippen LogP contribution in [-0.4, -0.2) is 46.0 Å². The lowest BCUT2D eigenvalue weighted by Crippen LogP contribution is -2.35. The van der Waals surface area contributed by atoms with E-state index in [4.69, 9.17) is 4.74 Å². The Bertz CT molecular complexity index is 1140. The molecule has 1 aliphatic carbocycles. The van der Waals surface area contributed by atoms with Crippen LogP contribution in [0.1, 0.15) is 46.7 Å². The maximum Gasteiger partial charge on any atom is 0.338 e. The molecule has 0 aliphatic heterocycles. The number of rotatable bonds is 7. The number of esters is 1. The number of hydrogen-bond acceptors (Lipinski definition) is 5. The molecule has 0 saturated heterocycles. The standard InChI is InChI=1S/C30H33BrN2O3/c1-32(2)24-13-7-20(8-14-24)29(21-9-15-25(16-10-21)33(3)4)27-19-26(17-18-28(27)34)36-30(35)22-5-11-23(31)12-6-22/h5-16,26-27,29H,17-19H2,1-4H3/t26?,27-/m1/s1. The Hall–Kier alpha value is -3.12. The van der Waals surface area contributed by atoms with Crippen LogP contribution in [0.15, 0.2) is 77.3 Å². The summed E-state index contributed by atoms with van der Waals surface area (Å²) in [5.74, 6) is -0.497. The molecule has 4 rings (SSSR count). The highest BCUT2D eigenvalue weighted by atomic mass is 79.9. The number of halogens is 1. The number of anilines is 2. The summed E-state index contributed by atoms with van der Waals surface area (Å²) < 4.78 is 6.81. The number of nitrogens with zero attached hydrogens (tertiary/aromatic N) is 2. The number of carbonyl (C=O) groups is 2. The van der Waals surface area contributed by atoms with Gasteiger partial charge >= 0.3 is 5.97 Å². The van der Waals surface area contributed by atoms with Crippen molar-refractivity contribution in [2.75, 3.05) is 38.0 Å². The van der Waals surface area contributed by atoms with E-state index >= 15 is 0 Å². The van der Waals surface area contributed by atoms with Crippen LogP contribution in [0.2, 0.25) is 0 Å². The third kappa shape index (κ3) is 5.98. The maximum absolute atomic E-state index is 13.3. The zero-order valence-electron chi connectivity index (χ0n) is 21.3. The Balaban J connectivity index is 1.63. The largest absolute Gasteiger partial charge is 0.459 e. The van der Waals surface area contributed by atoms with E-state index in [1.165, 1.54) is 0 Å². The molecule has 0 radical (unpaired) electrons. The summed E-state index contributed by atoms with van der Waals surface area (Å²) in [6.45, 7) is 0. The molecule has 1 unspecified atom stereocenters. The Morgan fingerprint density at radius 3 is 1.81 bits per heavy atom. The summed E-state index contributed by atoms with van der Waals surface area (Å²) in [5, 5.41) is 0. The van der Waals surface area contributed by atoms with Crippen LogP contribution >= 0.6 is 15.9 Å². The summed E-state index contributed by atoms with van der Waals surface area (Å²) in [7, 11) is 8.06. The fraction of sp³-hybridized carbons (Fsp3) is 0.333. The first-order valence-electron chi connectivity index (χ1n) is 12.3. The molecule has 0 spiro atoms. The fourth-order valence-corrected chi connectivity index (χ4v) is 5.14. The molecule has 6 heteroatoms. The molecule has 0 heterocycles. The number of benzene rings is 3. The molecule has 188 valence electrons. The second kappa shape index (κ2) is 11.3. The Morgan fingerprint density at radius 1 is 0.833 bits per heavy atom. The first kappa shape index (κ1) is 26.0. The second-order valence-corrected chi connectivity index (χ2v) is 10.7. The lowest BCUT2D eigenvalue weighted by molar-refractivity contribution is -0.127. The van der Waals surface area contributed by atoms with Crippen molar-refractivity contribution in [1.82, 2.24) is 0 Å². The summed E-state index contributed by atoms with van der Waals surface area (Å²) >= 11 is 3.40. The third-order valence-electron chi connectivity index (χ3n) is 6.94. The molecule has 3 aromatic rings. The summed E-state index contributed by atoms with van der Waals surface area (Å²) in [6.07, 6.45) is 1.18. The van der Waals surface area contributed by atoms with Crippen molar-refractivity contribution in [3.8, 4) is 0 Å². The van der Waals surface area contributed by atoms with Crippen molar-refractivity contribution in [2.24, 2.45) is 5.92 Å². The topological polar surface area (TPSA) is 49.9 Å². The van der Waals surface area contributed by atoms with Gasteiger partial charge in [-0.05, 0) is 72.5 Å². The minimum Gasteiger partial charge on any atom is -0.459 e. The van der Waals surface area contributed by atoms with E-state index in [-0.39, 0.29) is 29.7 Å². The van der Waals surface area contributed by atoms with Crippen molar-refractivity contribution in [3.05, 3.63) is 94.0 Å². The molecule has 0 N–H and O–H groups in total. The van der Waals surface area contributed by atoms with Gasteiger partial charge in [-0.1, -0.05) is 40.2 Å². The molecule has 0 bridgehead atoms. The van der Waals surface area contributed by atoms with E-state index in [0.717, 1.165) is 27.0 Å². The first-order chi connectivity index (χ1) is 17.2. The second-order valence-electron chi connectivity index (χ2n) is 9.83. The summed E-state index contributed by atoms with van der Waals surface area (Å²) in [5.41, 5.74) is 4.92. The molecule has 0 aromatic heterocycles. The molecule has 2 atom stereocenters.